The van der Waals surface area contributed by atoms with Gasteiger partial charge in [0.25, 0.3) is 0 Å². The van der Waals surface area contributed by atoms with Gasteiger partial charge >= 0.3 is 5.97 Å². The van der Waals surface area contributed by atoms with Crippen LogP contribution < -0.4 is 20.9 Å². The molecule has 4 N–H and O–H groups in total. The smallest absolute Gasteiger partial charge is 0.338 e. The number of carbonyl (C=O) groups excluding carboxylic acids is 2. The highest BCUT2D eigenvalue weighted by Crippen LogP contribution is 2.28. The number of esters is 1. The summed E-state index contributed by atoms with van der Waals surface area (Å²) in [6.07, 6.45) is 7.37. The zero-order valence-electron chi connectivity index (χ0n) is 17.1. The zero-order valence-corrected chi connectivity index (χ0v) is 17.1. The van der Waals surface area contributed by atoms with Crippen LogP contribution in [0, 0.1) is 0 Å². The predicted molar refractivity (Wildman–Crippen MR) is 118 cm³/mol. The summed E-state index contributed by atoms with van der Waals surface area (Å²) in [5.74, 6) is 0.865. The van der Waals surface area contributed by atoms with E-state index in [4.69, 9.17) is 25.7 Å². The number of anilines is 2. The molecule has 2 aromatic carbocycles. The Balaban J connectivity index is 1.63. The molecule has 2 aromatic rings. The number of allylic oxidation sites excluding steroid dienone is 1. The fourth-order valence-electron chi connectivity index (χ4n) is 2.84. The van der Waals surface area contributed by atoms with E-state index in [0.717, 1.165) is 37.5 Å². The molecule has 7 heteroatoms. The molecule has 0 heterocycles. The summed E-state index contributed by atoms with van der Waals surface area (Å²) in [6.45, 7) is 0.903. The molecule has 0 amide bonds. The van der Waals surface area contributed by atoms with Gasteiger partial charge in [-0.05, 0) is 67.7 Å². The molecular formula is C23H28N2O5. The summed E-state index contributed by atoms with van der Waals surface area (Å²) in [7, 11) is 1.58. The Morgan fingerprint density at radius 3 is 2.30 bits per heavy atom. The van der Waals surface area contributed by atoms with Crippen molar-refractivity contribution in [3.63, 3.8) is 0 Å². The normalized spacial score (nSPS) is 10.7. The van der Waals surface area contributed by atoms with Gasteiger partial charge in [-0.2, -0.15) is 0 Å². The Labute approximate surface area is 176 Å². The van der Waals surface area contributed by atoms with Crippen LogP contribution in [0.3, 0.4) is 0 Å². The third-order valence-electron chi connectivity index (χ3n) is 4.30. The fraction of sp³-hybridized carbons (Fsp3) is 0.304. The molecule has 0 fully saturated rings. The van der Waals surface area contributed by atoms with E-state index in [1.54, 1.807) is 31.4 Å². The van der Waals surface area contributed by atoms with Crippen LogP contribution in [0.25, 0.3) is 6.08 Å². The van der Waals surface area contributed by atoms with Gasteiger partial charge in [-0.15, -0.1) is 0 Å². The second kappa shape index (κ2) is 12.2. The third-order valence-corrected chi connectivity index (χ3v) is 4.30. The van der Waals surface area contributed by atoms with E-state index in [0.29, 0.717) is 41.7 Å². The first kappa shape index (κ1) is 22.8. The van der Waals surface area contributed by atoms with Gasteiger partial charge in [0, 0.05) is 11.4 Å². The van der Waals surface area contributed by atoms with Gasteiger partial charge in [-0.25, -0.2) is 4.79 Å². The average molecular weight is 412 g/mol. The number of hydrogen-bond acceptors (Lipinski definition) is 7. The van der Waals surface area contributed by atoms with E-state index in [1.807, 2.05) is 18.2 Å². The van der Waals surface area contributed by atoms with Crippen LogP contribution in [0.5, 0.6) is 11.5 Å². The Morgan fingerprint density at radius 1 is 0.933 bits per heavy atom. The maximum absolute atomic E-state index is 12.0. The molecule has 2 rings (SSSR count). The largest absolute Gasteiger partial charge is 0.493 e. The number of nitrogen functional groups attached to an aromatic ring is 2. The Hall–Kier alpha value is -3.48. The number of unbranched alkanes of at least 4 members (excludes halogenated alkanes) is 3. The summed E-state index contributed by atoms with van der Waals surface area (Å²) < 4.78 is 16.4. The van der Waals surface area contributed by atoms with Crippen LogP contribution in [0.4, 0.5) is 11.4 Å². The van der Waals surface area contributed by atoms with Crippen molar-refractivity contribution in [2.24, 2.45) is 0 Å². The summed E-state index contributed by atoms with van der Waals surface area (Å²) in [4.78, 5) is 22.4. The lowest BCUT2D eigenvalue weighted by atomic mass is 10.2. The minimum atomic E-state index is -0.420. The number of benzene rings is 2. The van der Waals surface area contributed by atoms with Crippen LogP contribution >= 0.6 is 0 Å². The van der Waals surface area contributed by atoms with Crippen molar-refractivity contribution in [3.8, 4) is 11.5 Å². The summed E-state index contributed by atoms with van der Waals surface area (Å²) in [5.41, 5.74) is 13.5. The van der Waals surface area contributed by atoms with E-state index >= 15 is 0 Å². The Bertz CT molecular complexity index is 860. The highest BCUT2D eigenvalue weighted by Gasteiger charge is 2.09. The zero-order chi connectivity index (χ0) is 21.8. The van der Waals surface area contributed by atoms with Crippen molar-refractivity contribution in [2.45, 2.75) is 25.7 Å². The molecule has 0 radical (unpaired) electrons. The quantitative estimate of drug-likeness (QED) is 0.179. The molecule has 0 aromatic heterocycles. The van der Waals surface area contributed by atoms with Gasteiger partial charge in [0.1, 0.15) is 6.29 Å². The molecule has 0 spiro atoms. The highest BCUT2D eigenvalue weighted by atomic mass is 16.5. The van der Waals surface area contributed by atoms with Crippen LogP contribution in [-0.2, 0) is 9.53 Å². The van der Waals surface area contributed by atoms with Gasteiger partial charge in [-0.1, -0.05) is 12.1 Å². The topological polar surface area (TPSA) is 114 Å². The van der Waals surface area contributed by atoms with Gasteiger partial charge in [-0.3, -0.25) is 4.79 Å². The summed E-state index contributed by atoms with van der Waals surface area (Å²) in [6, 6.07) is 10.2. The minimum Gasteiger partial charge on any atom is -0.493 e. The first-order chi connectivity index (χ1) is 14.5. The molecule has 0 atom stereocenters. The lowest BCUT2D eigenvalue weighted by molar-refractivity contribution is -0.104. The molecule has 0 unspecified atom stereocenters. The van der Waals surface area contributed by atoms with Crippen LogP contribution in [0.15, 0.2) is 42.5 Å². The molecule has 0 aliphatic carbocycles. The Morgan fingerprint density at radius 2 is 1.63 bits per heavy atom. The van der Waals surface area contributed by atoms with Gasteiger partial charge in [0.2, 0.25) is 0 Å². The van der Waals surface area contributed by atoms with Crippen molar-refractivity contribution in [1.29, 1.82) is 0 Å². The van der Waals surface area contributed by atoms with Crippen molar-refractivity contribution < 1.29 is 23.8 Å². The van der Waals surface area contributed by atoms with Crippen molar-refractivity contribution in [2.75, 3.05) is 31.8 Å². The van der Waals surface area contributed by atoms with Crippen molar-refractivity contribution >= 4 is 29.7 Å². The number of aldehydes is 1. The molecule has 0 saturated carbocycles. The number of rotatable bonds is 12. The lowest BCUT2D eigenvalue weighted by Crippen LogP contribution is -2.08. The highest BCUT2D eigenvalue weighted by molar-refractivity contribution is 5.91. The van der Waals surface area contributed by atoms with Crippen molar-refractivity contribution in [3.05, 3.63) is 53.6 Å². The summed E-state index contributed by atoms with van der Waals surface area (Å²) >= 11 is 0. The summed E-state index contributed by atoms with van der Waals surface area (Å²) in [5, 5.41) is 0. The number of ether oxygens (including phenoxy) is 3. The van der Waals surface area contributed by atoms with E-state index in [2.05, 4.69) is 0 Å². The molecule has 0 bridgehead atoms. The van der Waals surface area contributed by atoms with E-state index in [-0.39, 0.29) is 0 Å². The van der Waals surface area contributed by atoms with Crippen LogP contribution in [0.1, 0.15) is 41.6 Å². The number of methoxy groups -OCH3 is 1. The fourth-order valence-corrected chi connectivity index (χ4v) is 2.84. The number of carbonyl (C=O) groups is 2. The first-order valence-corrected chi connectivity index (χ1v) is 9.79. The van der Waals surface area contributed by atoms with Crippen LogP contribution in [0.2, 0.25) is 0 Å². The molecule has 0 aliphatic rings. The molecular weight excluding hydrogens is 384 g/mol. The van der Waals surface area contributed by atoms with Crippen LogP contribution in [-0.4, -0.2) is 32.6 Å². The molecule has 160 valence electrons. The van der Waals surface area contributed by atoms with Gasteiger partial charge in [0.05, 0.1) is 25.9 Å². The lowest BCUT2D eigenvalue weighted by Gasteiger charge is -2.11. The van der Waals surface area contributed by atoms with Gasteiger partial charge < -0.3 is 25.7 Å². The van der Waals surface area contributed by atoms with E-state index < -0.39 is 5.97 Å². The van der Waals surface area contributed by atoms with E-state index in [9.17, 15) is 9.59 Å². The van der Waals surface area contributed by atoms with Gasteiger partial charge in [0.15, 0.2) is 11.5 Å². The third kappa shape index (κ3) is 7.50. The number of nitrogens with two attached hydrogens (primary N) is 2. The predicted octanol–water partition coefficient (Wildman–Crippen LogP) is 3.87. The average Bonchev–Trinajstić information content (AvgIpc) is 2.73. The molecule has 30 heavy (non-hydrogen) atoms. The standard InChI is InChI=1S/C23H28N2O5/c1-28-22-13-17(7-6-10-26)8-9-21(22)29-11-4-2-3-5-12-30-23(27)18-14-19(24)16-20(25)15-18/h6-10,13-16H,2-5,11-12,24-25H2,1H3. The molecule has 0 saturated heterocycles. The Kier molecular flexibility index (Phi) is 9.24. The molecule has 7 nitrogen and oxygen atoms in total. The first-order valence-electron chi connectivity index (χ1n) is 9.79. The monoisotopic (exact) mass is 412 g/mol. The van der Waals surface area contributed by atoms with E-state index in [1.165, 1.54) is 6.08 Å². The SMILES string of the molecule is COc1cc(C=CC=O)ccc1OCCCCCCOC(=O)c1cc(N)cc(N)c1. The minimum absolute atomic E-state index is 0.345. The number of hydrogen-bond donors (Lipinski definition) is 2. The maximum Gasteiger partial charge on any atom is 0.338 e. The van der Waals surface area contributed by atoms with Crippen molar-refractivity contribution in [1.82, 2.24) is 0 Å². The molecule has 0 aliphatic heterocycles. The maximum atomic E-state index is 12.0. The second-order valence-electron chi connectivity index (χ2n) is 6.69. The second-order valence-corrected chi connectivity index (χ2v) is 6.69.